The molecule has 0 N–H and O–H groups in total. The van der Waals surface area contributed by atoms with Crippen LogP contribution < -0.4 is 0 Å². The highest BCUT2D eigenvalue weighted by Gasteiger charge is 2.18. The molecule has 3 aromatic heterocycles. The van der Waals surface area contributed by atoms with Gasteiger partial charge in [0.25, 0.3) is 0 Å². The first-order valence-corrected chi connectivity index (χ1v) is 11.0. The van der Waals surface area contributed by atoms with Gasteiger partial charge in [-0.05, 0) is 43.7 Å². The summed E-state index contributed by atoms with van der Waals surface area (Å²) in [6.45, 7) is 4.04. The molecule has 0 aliphatic carbocycles. The summed E-state index contributed by atoms with van der Waals surface area (Å²) in [5, 5.41) is 0.867. The summed E-state index contributed by atoms with van der Waals surface area (Å²) in [4.78, 5) is 22.0. The molecule has 6 heteroatoms. The highest BCUT2D eigenvalue weighted by Crippen LogP contribution is 2.41. The van der Waals surface area contributed by atoms with Crippen LogP contribution in [0.25, 0.3) is 30.1 Å². The van der Waals surface area contributed by atoms with Crippen LogP contribution in [-0.4, -0.2) is 17.6 Å². The first-order valence-electron chi connectivity index (χ1n) is 8.56. The fourth-order valence-corrected chi connectivity index (χ4v) is 5.82. The van der Waals surface area contributed by atoms with Gasteiger partial charge in [-0.3, -0.25) is 0 Å². The van der Waals surface area contributed by atoms with E-state index in [1.165, 1.54) is 31.5 Å². The maximum absolute atomic E-state index is 12.0. The molecule has 27 heavy (non-hydrogen) atoms. The minimum atomic E-state index is -0.290. The van der Waals surface area contributed by atoms with Gasteiger partial charge >= 0.3 is 5.97 Å². The van der Waals surface area contributed by atoms with Gasteiger partial charge in [0.2, 0.25) is 0 Å². The van der Waals surface area contributed by atoms with Crippen molar-refractivity contribution in [2.45, 2.75) is 13.8 Å². The van der Waals surface area contributed by atoms with Crippen molar-refractivity contribution >= 4 is 40.0 Å². The van der Waals surface area contributed by atoms with E-state index in [2.05, 4.69) is 53.5 Å². The molecule has 3 nitrogen and oxygen atoms in total. The van der Waals surface area contributed by atoms with Crippen LogP contribution >= 0.6 is 34.0 Å². The number of aromatic nitrogens is 1. The van der Waals surface area contributed by atoms with Gasteiger partial charge in [-0.1, -0.05) is 30.3 Å². The van der Waals surface area contributed by atoms with Crippen molar-refractivity contribution in [3.8, 4) is 30.1 Å². The molecule has 1 aromatic carbocycles. The average Bonchev–Trinajstić information content (AvgIpc) is 3.41. The molecule has 0 amide bonds. The number of hydrogen-bond donors (Lipinski definition) is 0. The van der Waals surface area contributed by atoms with Crippen LogP contribution in [0.15, 0.2) is 54.6 Å². The number of nitrogens with zero attached hydrogens (tertiary/aromatic N) is 1. The molecule has 4 rings (SSSR count). The molecule has 0 radical (unpaired) electrons. The quantitative estimate of drug-likeness (QED) is 0.341. The highest BCUT2D eigenvalue weighted by molar-refractivity contribution is 7.27. The molecule has 3 heterocycles. The fraction of sp³-hybridized carbons (Fsp3) is 0.143. The molecule has 0 aliphatic heterocycles. The van der Waals surface area contributed by atoms with Crippen molar-refractivity contribution in [1.82, 2.24) is 4.98 Å². The van der Waals surface area contributed by atoms with E-state index in [0.29, 0.717) is 11.5 Å². The van der Waals surface area contributed by atoms with Gasteiger partial charge in [0.05, 0.1) is 17.2 Å². The molecule has 136 valence electrons. The number of aryl methyl sites for hydroxylation is 1. The highest BCUT2D eigenvalue weighted by atomic mass is 32.1. The van der Waals surface area contributed by atoms with Crippen LogP contribution in [0, 0.1) is 6.92 Å². The van der Waals surface area contributed by atoms with Crippen molar-refractivity contribution in [2.24, 2.45) is 0 Å². The molecule has 0 bridgehead atoms. The van der Waals surface area contributed by atoms with E-state index in [-0.39, 0.29) is 5.97 Å². The van der Waals surface area contributed by atoms with Gasteiger partial charge in [0, 0.05) is 14.6 Å². The maximum Gasteiger partial charge on any atom is 0.350 e. The Morgan fingerprint density at radius 1 is 0.889 bits per heavy atom. The van der Waals surface area contributed by atoms with Gasteiger partial charge in [-0.15, -0.1) is 34.0 Å². The van der Waals surface area contributed by atoms with Crippen LogP contribution in [-0.2, 0) is 4.74 Å². The molecular formula is C21H17NO2S3. The third kappa shape index (κ3) is 3.74. The summed E-state index contributed by atoms with van der Waals surface area (Å²) in [6.07, 6.45) is 0. The second-order valence-corrected chi connectivity index (χ2v) is 9.01. The lowest BCUT2D eigenvalue weighted by Gasteiger charge is -1.97. The van der Waals surface area contributed by atoms with Crippen molar-refractivity contribution in [2.75, 3.05) is 6.61 Å². The number of carbonyl (C=O) groups excluding carboxylic acids is 1. The van der Waals surface area contributed by atoms with Gasteiger partial charge in [0.1, 0.15) is 9.88 Å². The second kappa shape index (κ2) is 7.76. The summed E-state index contributed by atoms with van der Waals surface area (Å²) in [7, 11) is 0. The Bertz CT molecular complexity index is 1080. The van der Waals surface area contributed by atoms with Gasteiger partial charge in [-0.2, -0.15) is 0 Å². The van der Waals surface area contributed by atoms with Crippen LogP contribution in [0.3, 0.4) is 0 Å². The van der Waals surface area contributed by atoms with Crippen LogP contribution in [0.5, 0.6) is 0 Å². The number of rotatable bonds is 5. The Morgan fingerprint density at radius 3 is 2.22 bits per heavy atom. The van der Waals surface area contributed by atoms with E-state index < -0.39 is 0 Å². The second-order valence-electron chi connectivity index (χ2n) is 5.85. The molecular weight excluding hydrogens is 394 g/mol. The van der Waals surface area contributed by atoms with Crippen LogP contribution in [0.2, 0.25) is 0 Å². The van der Waals surface area contributed by atoms with Crippen LogP contribution in [0.1, 0.15) is 22.3 Å². The molecule has 4 aromatic rings. The van der Waals surface area contributed by atoms with Gasteiger partial charge in [0.15, 0.2) is 0 Å². The van der Waals surface area contributed by atoms with E-state index in [1.54, 1.807) is 22.7 Å². The number of thiophene rings is 2. The van der Waals surface area contributed by atoms with Crippen molar-refractivity contribution in [1.29, 1.82) is 0 Å². The summed E-state index contributed by atoms with van der Waals surface area (Å²) in [6, 6.07) is 18.9. The first kappa shape index (κ1) is 18.1. The lowest BCUT2D eigenvalue weighted by molar-refractivity contribution is 0.0531. The predicted molar refractivity (Wildman–Crippen MR) is 115 cm³/mol. The SMILES string of the molecule is CCOC(=O)c1sc(-c2ccc(-c3ccc(-c4ccccc4)s3)s2)nc1C. The minimum Gasteiger partial charge on any atom is -0.462 e. The summed E-state index contributed by atoms with van der Waals surface area (Å²) in [5.41, 5.74) is 1.96. The Hall–Kier alpha value is -2.28. The molecule has 0 fully saturated rings. The molecule has 0 unspecified atom stereocenters. The van der Waals surface area contributed by atoms with Crippen LogP contribution in [0.4, 0.5) is 0 Å². The monoisotopic (exact) mass is 411 g/mol. The van der Waals surface area contributed by atoms with E-state index in [1.807, 2.05) is 19.9 Å². The minimum absolute atomic E-state index is 0.290. The van der Waals surface area contributed by atoms with Crippen molar-refractivity contribution in [3.63, 3.8) is 0 Å². The number of carbonyl (C=O) groups is 1. The Morgan fingerprint density at radius 2 is 1.52 bits per heavy atom. The molecule has 0 spiro atoms. The molecule has 0 atom stereocenters. The number of benzene rings is 1. The molecule has 0 saturated carbocycles. The number of esters is 1. The Balaban J connectivity index is 1.60. The first-order chi connectivity index (χ1) is 13.2. The summed E-state index contributed by atoms with van der Waals surface area (Å²) < 4.78 is 5.11. The zero-order valence-electron chi connectivity index (χ0n) is 14.9. The Labute approximate surface area is 169 Å². The normalized spacial score (nSPS) is 10.9. The standard InChI is InChI=1S/C21H17NO2S3/c1-3-24-21(23)19-13(2)22-20(27-19)18-12-11-17(26-18)16-10-9-15(25-16)14-7-5-4-6-8-14/h4-12H,3H2,1-2H3. The zero-order valence-corrected chi connectivity index (χ0v) is 17.3. The smallest absolute Gasteiger partial charge is 0.350 e. The van der Waals surface area contributed by atoms with E-state index in [4.69, 9.17) is 4.74 Å². The predicted octanol–water partition coefficient (Wildman–Crippen LogP) is 6.75. The average molecular weight is 412 g/mol. The van der Waals surface area contributed by atoms with Gasteiger partial charge in [-0.25, -0.2) is 9.78 Å². The third-order valence-corrected chi connectivity index (χ3v) is 7.70. The Kier molecular flexibility index (Phi) is 5.20. The maximum atomic E-state index is 12.0. The van der Waals surface area contributed by atoms with E-state index in [0.717, 1.165) is 15.6 Å². The topological polar surface area (TPSA) is 39.2 Å². The van der Waals surface area contributed by atoms with Crippen molar-refractivity contribution < 1.29 is 9.53 Å². The third-order valence-electron chi connectivity index (χ3n) is 3.98. The van der Waals surface area contributed by atoms with Crippen molar-refractivity contribution in [3.05, 3.63) is 65.2 Å². The molecule has 0 saturated heterocycles. The summed E-state index contributed by atoms with van der Waals surface area (Å²) >= 11 is 4.89. The fourth-order valence-electron chi connectivity index (χ4n) is 2.70. The van der Waals surface area contributed by atoms with Gasteiger partial charge < -0.3 is 4.74 Å². The molecule has 0 aliphatic rings. The van der Waals surface area contributed by atoms with E-state index >= 15 is 0 Å². The number of hydrogen-bond acceptors (Lipinski definition) is 6. The number of thiazole rings is 1. The van der Waals surface area contributed by atoms with E-state index in [9.17, 15) is 4.79 Å². The lowest BCUT2D eigenvalue weighted by atomic mass is 10.2. The zero-order chi connectivity index (χ0) is 18.8. The number of ether oxygens (including phenoxy) is 1. The lowest BCUT2D eigenvalue weighted by Crippen LogP contribution is -2.03. The summed E-state index contributed by atoms with van der Waals surface area (Å²) in [5.74, 6) is -0.290. The largest absolute Gasteiger partial charge is 0.462 e.